The minimum Gasteiger partial charge on any atom is -0.320 e. The Bertz CT molecular complexity index is 694. The minimum atomic E-state index is -0.292. The van der Waals surface area contributed by atoms with Crippen LogP contribution in [0.4, 0.5) is 5.95 Å². The highest BCUT2D eigenvalue weighted by Crippen LogP contribution is 2.11. The van der Waals surface area contributed by atoms with Gasteiger partial charge in [-0.3, -0.25) is 10.1 Å². The van der Waals surface area contributed by atoms with E-state index in [4.69, 9.17) is 5.73 Å². The van der Waals surface area contributed by atoms with Crippen LogP contribution < -0.4 is 11.1 Å². The lowest BCUT2D eigenvalue weighted by Gasteiger charge is -2.03. The smallest absolute Gasteiger partial charge is 0.270 e. The first-order chi connectivity index (χ1) is 9.60. The second-order valence-electron chi connectivity index (χ2n) is 4.09. The number of hydrogen-bond acceptors (Lipinski definition) is 5. The molecular weight excluding hydrogens is 256 g/mol. The summed E-state index contributed by atoms with van der Waals surface area (Å²) in [6.07, 6.45) is 0. The number of hydrogen-bond donors (Lipinski definition) is 2. The molecule has 0 aliphatic heterocycles. The van der Waals surface area contributed by atoms with Crippen molar-refractivity contribution >= 4 is 11.9 Å². The topological polar surface area (TPSA) is 98.7 Å². The Morgan fingerprint density at radius 3 is 2.90 bits per heavy atom. The molecule has 0 atom stereocenters. The fraction of sp³-hybridized carbons (Fsp3) is 0.231. The van der Waals surface area contributed by atoms with Crippen LogP contribution in [-0.4, -0.2) is 32.7 Å². The molecule has 20 heavy (non-hydrogen) atoms. The van der Waals surface area contributed by atoms with Crippen molar-refractivity contribution in [3.05, 3.63) is 34.9 Å². The Kier molecular flexibility index (Phi) is 4.08. The van der Waals surface area contributed by atoms with E-state index in [-0.39, 0.29) is 11.9 Å². The van der Waals surface area contributed by atoms with Crippen LogP contribution in [0.3, 0.4) is 0 Å². The second-order valence-corrected chi connectivity index (χ2v) is 4.09. The zero-order valence-corrected chi connectivity index (χ0v) is 11.2. The van der Waals surface area contributed by atoms with E-state index in [1.165, 1.54) is 4.80 Å². The number of aryl methyl sites for hydroxylation is 2. The van der Waals surface area contributed by atoms with Crippen molar-refractivity contribution in [3.63, 3.8) is 0 Å². The van der Waals surface area contributed by atoms with Gasteiger partial charge >= 0.3 is 0 Å². The maximum atomic E-state index is 12.0. The number of nitrogens with one attached hydrogen (secondary N) is 1. The Morgan fingerprint density at radius 1 is 1.50 bits per heavy atom. The molecule has 1 heterocycles. The average molecular weight is 270 g/mol. The molecule has 1 amide bonds. The van der Waals surface area contributed by atoms with Crippen molar-refractivity contribution in [2.45, 2.75) is 6.92 Å². The summed E-state index contributed by atoms with van der Waals surface area (Å²) in [7, 11) is 1.62. The average Bonchev–Trinajstić information content (AvgIpc) is 2.82. The van der Waals surface area contributed by atoms with Gasteiger partial charge in [0, 0.05) is 11.1 Å². The molecule has 0 fully saturated rings. The van der Waals surface area contributed by atoms with Crippen molar-refractivity contribution in [1.82, 2.24) is 20.2 Å². The van der Waals surface area contributed by atoms with Gasteiger partial charge < -0.3 is 5.73 Å². The van der Waals surface area contributed by atoms with Crippen molar-refractivity contribution in [3.8, 4) is 11.8 Å². The number of benzene rings is 1. The summed E-state index contributed by atoms with van der Waals surface area (Å²) in [5.74, 6) is 5.61. The van der Waals surface area contributed by atoms with Crippen LogP contribution in [0.15, 0.2) is 18.2 Å². The largest absolute Gasteiger partial charge is 0.320 e. The van der Waals surface area contributed by atoms with Crippen LogP contribution in [0.25, 0.3) is 0 Å². The Labute approximate surface area is 116 Å². The van der Waals surface area contributed by atoms with Gasteiger partial charge in [-0.25, -0.2) is 0 Å². The molecule has 0 aliphatic rings. The molecule has 2 rings (SSSR count). The SMILES string of the molecule is Cc1cc(C(=O)Nc2nnn(C)n2)ccc1C#CCN. The monoisotopic (exact) mass is 270 g/mol. The van der Waals surface area contributed by atoms with Gasteiger partial charge in [-0.05, 0) is 35.9 Å². The third-order valence-electron chi connectivity index (χ3n) is 2.55. The zero-order valence-electron chi connectivity index (χ0n) is 11.2. The molecule has 7 nitrogen and oxygen atoms in total. The first-order valence-electron chi connectivity index (χ1n) is 5.95. The van der Waals surface area contributed by atoms with E-state index in [0.29, 0.717) is 12.1 Å². The molecule has 0 aliphatic carbocycles. The molecule has 0 saturated carbocycles. The molecule has 7 heteroatoms. The van der Waals surface area contributed by atoms with Gasteiger partial charge in [-0.15, -0.1) is 5.10 Å². The Balaban J connectivity index is 2.16. The van der Waals surface area contributed by atoms with E-state index < -0.39 is 0 Å². The molecule has 0 bridgehead atoms. The van der Waals surface area contributed by atoms with Crippen molar-refractivity contribution in [1.29, 1.82) is 0 Å². The predicted molar refractivity (Wildman–Crippen MR) is 73.9 cm³/mol. The van der Waals surface area contributed by atoms with Gasteiger partial charge in [0.1, 0.15) is 0 Å². The molecule has 0 radical (unpaired) electrons. The first kappa shape index (κ1) is 13.7. The van der Waals surface area contributed by atoms with Gasteiger partial charge in [0.15, 0.2) is 0 Å². The van der Waals surface area contributed by atoms with E-state index in [1.807, 2.05) is 6.92 Å². The highest BCUT2D eigenvalue weighted by Gasteiger charge is 2.10. The van der Waals surface area contributed by atoms with Crippen molar-refractivity contribution in [2.75, 3.05) is 11.9 Å². The number of carbonyl (C=O) groups excluding carboxylic acids is 1. The van der Waals surface area contributed by atoms with E-state index in [2.05, 4.69) is 32.6 Å². The highest BCUT2D eigenvalue weighted by atomic mass is 16.1. The summed E-state index contributed by atoms with van der Waals surface area (Å²) >= 11 is 0. The normalized spacial score (nSPS) is 9.75. The summed E-state index contributed by atoms with van der Waals surface area (Å²) in [5.41, 5.74) is 7.60. The van der Waals surface area contributed by atoms with Gasteiger partial charge in [0.05, 0.1) is 13.6 Å². The number of nitrogens with zero attached hydrogens (tertiary/aromatic N) is 4. The summed E-state index contributed by atoms with van der Waals surface area (Å²) in [6.45, 7) is 2.19. The third kappa shape index (κ3) is 3.18. The standard InChI is InChI=1S/C13H14N6O/c1-9-8-11(6-5-10(9)4-3-7-14)12(20)15-13-16-18-19(2)17-13/h5-6,8H,7,14H2,1-2H3,(H,15,17,20). The van der Waals surface area contributed by atoms with E-state index in [0.717, 1.165) is 11.1 Å². The molecule has 0 spiro atoms. The number of tetrazole rings is 1. The van der Waals surface area contributed by atoms with Crippen LogP contribution in [0.2, 0.25) is 0 Å². The molecule has 2 aromatic rings. The lowest BCUT2D eigenvalue weighted by molar-refractivity contribution is 0.102. The lowest BCUT2D eigenvalue weighted by atomic mass is 10.0. The number of rotatable bonds is 2. The number of carbonyl (C=O) groups is 1. The van der Waals surface area contributed by atoms with Crippen LogP contribution in [0.1, 0.15) is 21.5 Å². The third-order valence-corrected chi connectivity index (χ3v) is 2.55. The van der Waals surface area contributed by atoms with Gasteiger partial charge in [-0.1, -0.05) is 16.9 Å². The van der Waals surface area contributed by atoms with E-state index in [1.54, 1.807) is 25.2 Å². The maximum absolute atomic E-state index is 12.0. The second kappa shape index (κ2) is 5.95. The zero-order chi connectivity index (χ0) is 14.5. The van der Waals surface area contributed by atoms with Crippen LogP contribution in [0.5, 0.6) is 0 Å². The Hall–Kier alpha value is -2.72. The summed E-state index contributed by atoms with van der Waals surface area (Å²) in [4.78, 5) is 13.3. The number of amides is 1. The predicted octanol–water partition coefficient (Wildman–Crippen LogP) is 0.0810. The molecule has 0 saturated heterocycles. The molecule has 1 aromatic carbocycles. The van der Waals surface area contributed by atoms with Crippen LogP contribution in [0, 0.1) is 18.8 Å². The molecule has 102 valence electrons. The molecule has 0 unspecified atom stereocenters. The quantitative estimate of drug-likeness (QED) is 0.753. The summed E-state index contributed by atoms with van der Waals surface area (Å²) in [6, 6.07) is 5.24. The van der Waals surface area contributed by atoms with Gasteiger partial charge in [0.2, 0.25) is 0 Å². The minimum absolute atomic E-state index is 0.169. The highest BCUT2D eigenvalue weighted by molar-refractivity contribution is 6.03. The first-order valence-corrected chi connectivity index (χ1v) is 5.95. The lowest BCUT2D eigenvalue weighted by Crippen LogP contribution is -2.13. The van der Waals surface area contributed by atoms with E-state index in [9.17, 15) is 4.79 Å². The van der Waals surface area contributed by atoms with Gasteiger partial charge in [-0.2, -0.15) is 4.80 Å². The van der Waals surface area contributed by atoms with Gasteiger partial charge in [0.25, 0.3) is 11.9 Å². The molecule has 3 N–H and O–H groups in total. The van der Waals surface area contributed by atoms with E-state index >= 15 is 0 Å². The fourth-order valence-corrected chi connectivity index (χ4v) is 1.60. The number of aromatic nitrogens is 4. The van der Waals surface area contributed by atoms with Crippen LogP contribution >= 0.6 is 0 Å². The number of nitrogens with two attached hydrogens (primary N) is 1. The molecule has 1 aromatic heterocycles. The summed E-state index contributed by atoms with van der Waals surface area (Å²) in [5, 5.41) is 13.8. The molecular formula is C13H14N6O. The maximum Gasteiger partial charge on any atom is 0.270 e. The Morgan fingerprint density at radius 2 is 2.30 bits per heavy atom. The van der Waals surface area contributed by atoms with Crippen LogP contribution in [-0.2, 0) is 7.05 Å². The number of anilines is 1. The van der Waals surface area contributed by atoms with Crippen molar-refractivity contribution in [2.24, 2.45) is 12.8 Å². The van der Waals surface area contributed by atoms with Crippen molar-refractivity contribution < 1.29 is 4.79 Å². The fourth-order valence-electron chi connectivity index (χ4n) is 1.60. The summed E-state index contributed by atoms with van der Waals surface area (Å²) < 4.78 is 0.